The van der Waals surface area contributed by atoms with Gasteiger partial charge < -0.3 is 5.32 Å². The summed E-state index contributed by atoms with van der Waals surface area (Å²) in [4.78, 5) is 4.78. The van der Waals surface area contributed by atoms with Gasteiger partial charge in [-0.2, -0.15) is 0 Å². The predicted octanol–water partition coefficient (Wildman–Crippen LogP) is 3.75. The summed E-state index contributed by atoms with van der Waals surface area (Å²) in [7, 11) is 0. The monoisotopic (exact) mass is 272 g/mol. The lowest BCUT2D eigenvalue weighted by atomic mass is 10.1. The van der Waals surface area contributed by atoms with Crippen LogP contribution in [0, 0.1) is 0 Å². The molecule has 0 amide bonds. The molecule has 0 aliphatic carbocycles. The highest BCUT2D eigenvalue weighted by molar-refractivity contribution is 6.30. The van der Waals surface area contributed by atoms with Gasteiger partial charge in [-0.25, -0.2) is 0 Å². The van der Waals surface area contributed by atoms with Crippen LogP contribution in [0.15, 0.2) is 42.5 Å². The van der Waals surface area contributed by atoms with E-state index in [9.17, 15) is 0 Å². The maximum Gasteiger partial charge on any atom is 0.0576 e. The van der Waals surface area contributed by atoms with Crippen molar-refractivity contribution in [3.63, 3.8) is 0 Å². The number of benzene rings is 1. The van der Waals surface area contributed by atoms with Crippen LogP contribution in [-0.4, -0.2) is 11.5 Å². The number of hydrogen-bond donors (Lipinski definition) is 1. The van der Waals surface area contributed by atoms with E-state index in [4.69, 9.17) is 16.6 Å². The van der Waals surface area contributed by atoms with Crippen LogP contribution in [0.5, 0.6) is 0 Å². The summed E-state index contributed by atoms with van der Waals surface area (Å²) in [6, 6.07) is 14.7. The average Bonchev–Trinajstić information content (AvgIpc) is 2.96. The van der Waals surface area contributed by atoms with Gasteiger partial charge in [-0.15, -0.1) is 0 Å². The van der Waals surface area contributed by atoms with E-state index in [0.717, 1.165) is 23.7 Å². The van der Waals surface area contributed by atoms with Crippen LogP contribution in [-0.2, 0) is 6.42 Å². The molecule has 0 unspecified atom stereocenters. The third kappa shape index (κ3) is 3.14. The molecule has 0 bridgehead atoms. The minimum atomic E-state index is 0.435. The smallest absolute Gasteiger partial charge is 0.0576 e. The topological polar surface area (TPSA) is 24.9 Å². The molecule has 19 heavy (non-hydrogen) atoms. The third-order valence-electron chi connectivity index (χ3n) is 3.54. The Bertz CT molecular complexity index is 545. The van der Waals surface area contributed by atoms with E-state index in [-0.39, 0.29) is 0 Å². The maximum absolute atomic E-state index is 5.90. The number of aromatic nitrogens is 1. The van der Waals surface area contributed by atoms with Gasteiger partial charge in [0, 0.05) is 23.2 Å². The lowest BCUT2D eigenvalue weighted by Crippen LogP contribution is -2.14. The van der Waals surface area contributed by atoms with Gasteiger partial charge in [0.15, 0.2) is 0 Å². The zero-order chi connectivity index (χ0) is 13.1. The summed E-state index contributed by atoms with van der Waals surface area (Å²) < 4.78 is 0. The van der Waals surface area contributed by atoms with Crippen molar-refractivity contribution in [3.05, 3.63) is 64.4 Å². The van der Waals surface area contributed by atoms with Gasteiger partial charge in [-0.05, 0) is 49.2 Å². The molecule has 2 nitrogen and oxygen atoms in total. The van der Waals surface area contributed by atoms with Crippen molar-refractivity contribution in [1.29, 1.82) is 0 Å². The molecule has 1 aromatic heterocycles. The normalized spacial score (nSPS) is 18.7. The van der Waals surface area contributed by atoms with E-state index in [1.807, 2.05) is 12.1 Å². The SMILES string of the molecule is Clc1ccc(Cc2cccc([C@H]3CCCN3)n2)cc1. The first kappa shape index (κ1) is 12.6. The summed E-state index contributed by atoms with van der Waals surface area (Å²) in [6.45, 7) is 1.10. The van der Waals surface area contributed by atoms with E-state index in [1.54, 1.807) is 0 Å². The lowest BCUT2D eigenvalue weighted by Gasteiger charge is -2.11. The van der Waals surface area contributed by atoms with Crippen LogP contribution in [0.2, 0.25) is 5.02 Å². The summed E-state index contributed by atoms with van der Waals surface area (Å²) in [5, 5.41) is 4.27. The molecule has 0 saturated carbocycles. The fourth-order valence-electron chi connectivity index (χ4n) is 2.54. The zero-order valence-electron chi connectivity index (χ0n) is 10.8. The summed E-state index contributed by atoms with van der Waals surface area (Å²) in [5.74, 6) is 0. The molecule has 1 atom stereocenters. The molecule has 1 aliphatic rings. The molecule has 2 aromatic rings. The molecule has 1 N–H and O–H groups in total. The molecular weight excluding hydrogens is 256 g/mol. The van der Waals surface area contributed by atoms with Crippen molar-refractivity contribution in [1.82, 2.24) is 10.3 Å². The lowest BCUT2D eigenvalue weighted by molar-refractivity contribution is 0.625. The number of rotatable bonds is 3. The molecule has 2 heterocycles. The van der Waals surface area contributed by atoms with Crippen LogP contribution >= 0.6 is 11.6 Å². The second-order valence-corrected chi connectivity index (χ2v) is 5.44. The highest BCUT2D eigenvalue weighted by atomic mass is 35.5. The Morgan fingerprint density at radius 2 is 2.00 bits per heavy atom. The summed E-state index contributed by atoms with van der Waals surface area (Å²) in [5.41, 5.74) is 3.53. The van der Waals surface area contributed by atoms with Gasteiger partial charge in [0.05, 0.1) is 5.69 Å². The van der Waals surface area contributed by atoms with Crippen molar-refractivity contribution < 1.29 is 0 Å². The minimum absolute atomic E-state index is 0.435. The second-order valence-electron chi connectivity index (χ2n) is 5.01. The van der Waals surface area contributed by atoms with Crippen LogP contribution in [0.25, 0.3) is 0 Å². The number of nitrogens with zero attached hydrogens (tertiary/aromatic N) is 1. The van der Waals surface area contributed by atoms with Gasteiger partial charge in [0.1, 0.15) is 0 Å². The molecule has 0 radical (unpaired) electrons. The highest BCUT2D eigenvalue weighted by Crippen LogP contribution is 2.22. The first-order chi connectivity index (χ1) is 9.31. The van der Waals surface area contributed by atoms with Crippen LogP contribution in [0.3, 0.4) is 0 Å². The number of hydrogen-bond acceptors (Lipinski definition) is 2. The largest absolute Gasteiger partial charge is 0.309 e. The highest BCUT2D eigenvalue weighted by Gasteiger charge is 2.17. The van der Waals surface area contributed by atoms with Gasteiger partial charge >= 0.3 is 0 Å². The molecule has 1 aromatic carbocycles. The Morgan fingerprint density at radius 1 is 1.16 bits per heavy atom. The van der Waals surface area contributed by atoms with Crippen LogP contribution in [0.4, 0.5) is 0 Å². The zero-order valence-corrected chi connectivity index (χ0v) is 11.5. The van der Waals surface area contributed by atoms with Gasteiger partial charge in [-0.1, -0.05) is 29.8 Å². The molecule has 1 fully saturated rings. The van der Waals surface area contributed by atoms with Gasteiger partial charge in [0.25, 0.3) is 0 Å². The Morgan fingerprint density at radius 3 is 2.74 bits per heavy atom. The molecule has 98 valence electrons. The summed E-state index contributed by atoms with van der Waals surface area (Å²) in [6.07, 6.45) is 3.29. The van der Waals surface area contributed by atoms with E-state index in [1.165, 1.54) is 24.1 Å². The van der Waals surface area contributed by atoms with E-state index in [2.05, 4.69) is 35.6 Å². The first-order valence-corrected chi connectivity index (χ1v) is 7.13. The maximum atomic E-state index is 5.90. The van der Waals surface area contributed by atoms with Crippen LogP contribution < -0.4 is 5.32 Å². The molecule has 3 rings (SSSR count). The van der Waals surface area contributed by atoms with E-state index < -0.39 is 0 Å². The Hall–Kier alpha value is -1.38. The van der Waals surface area contributed by atoms with Crippen molar-refractivity contribution in [2.45, 2.75) is 25.3 Å². The molecule has 0 spiro atoms. The Labute approximate surface area is 118 Å². The number of halogens is 1. The quantitative estimate of drug-likeness (QED) is 0.920. The van der Waals surface area contributed by atoms with Gasteiger partial charge in [-0.3, -0.25) is 4.98 Å². The van der Waals surface area contributed by atoms with Crippen molar-refractivity contribution in [3.8, 4) is 0 Å². The Kier molecular flexibility index (Phi) is 3.81. The number of nitrogens with one attached hydrogen (secondary N) is 1. The van der Waals surface area contributed by atoms with Gasteiger partial charge in [0.2, 0.25) is 0 Å². The third-order valence-corrected chi connectivity index (χ3v) is 3.80. The molecule has 1 saturated heterocycles. The van der Waals surface area contributed by atoms with Crippen LogP contribution in [0.1, 0.15) is 35.8 Å². The second kappa shape index (κ2) is 5.72. The fourth-order valence-corrected chi connectivity index (χ4v) is 2.67. The molecular formula is C16H17ClN2. The molecule has 1 aliphatic heterocycles. The van der Waals surface area contributed by atoms with Crippen molar-refractivity contribution >= 4 is 11.6 Å². The summed E-state index contributed by atoms with van der Waals surface area (Å²) >= 11 is 5.90. The van der Waals surface area contributed by atoms with E-state index >= 15 is 0 Å². The fraction of sp³-hybridized carbons (Fsp3) is 0.312. The minimum Gasteiger partial charge on any atom is -0.309 e. The standard InChI is InChI=1S/C16H17ClN2/c17-13-8-6-12(7-9-13)11-14-3-1-4-16(19-14)15-5-2-10-18-15/h1,3-4,6-9,15,18H,2,5,10-11H2/t15-/m1/s1. The van der Waals surface area contributed by atoms with Crippen molar-refractivity contribution in [2.75, 3.05) is 6.54 Å². The predicted molar refractivity (Wildman–Crippen MR) is 78.5 cm³/mol. The van der Waals surface area contributed by atoms with E-state index in [0.29, 0.717) is 6.04 Å². The number of pyridine rings is 1. The molecule has 3 heteroatoms. The Balaban J connectivity index is 1.77. The van der Waals surface area contributed by atoms with Crippen molar-refractivity contribution in [2.24, 2.45) is 0 Å². The average molecular weight is 273 g/mol. The first-order valence-electron chi connectivity index (χ1n) is 6.75.